The average Bonchev–Trinajstić information content (AvgIpc) is 3.31. The Kier molecular flexibility index (Phi) is 9.15. The van der Waals surface area contributed by atoms with Crippen molar-refractivity contribution in [2.45, 2.75) is 12.9 Å². The van der Waals surface area contributed by atoms with Crippen molar-refractivity contribution in [2.75, 3.05) is 16.4 Å². The van der Waals surface area contributed by atoms with Gasteiger partial charge in [0, 0.05) is 0 Å². The van der Waals surface area contributed by atoms with Gasteiger partial charge in [-0.3, -0.25) is 5.10 Å². The molecular weight excluding hydrogens is 612 g/mol. The Bertz CT molecular complexity index is 1840. The third-order valence-corrected chi connectivity index (χ3v) is 5.90. The molecule has 5 N–H and O–H groups in total. The molecule has 0 saturated heterocycles. The Morgan fingerprint density at radius 3 is 1.84 bits per heavy atom. The molecule has 0 radical (unpaired) electrons. The summed E-state index contributed by atoms with van der Waals surface area (Å²) < 4.78 is 106. The zero-order valence-corrected chi connectivity index (χ0v) is 21.8. The third kappa shape index (κ3) is 6.67. The van der Waals surface area contributed by atoms with Gasteiger partial charge in [-0.25, -0.2) is 45.1 Å². The Morgan fingerprint density at radius 1 is 0.814 bits per heavy atom. The minimum atomic E-state index is -3.01. The summed E-state index contributed by atoms with van der Waals surface area (Å²) in [6.07, 6.45) is -5.98. The van der Waals surface area contributed by atoms with Gasteiger partial charge in [-0.15, -0.1) is 0 Å². The number of aromatic nitrogens is 4. The fourth-order valence-corrected chi connectivity index (χ4v) is 3.72. The van der Waals surface area contributed by atoms with Crippen LogP contribution in [0.4, 0.5) is 64.0 Å². The molecule has 3 heterocycles. The summed E-state index contributed by atoms with van der Waals surface area (Å²) in [7, 11) is 0. The van der Waals surface area contributed by atoms with E-state index in [0.29, 0.717) is 0 Å². The monoisotopic (exact) mass is 626 g/mol. The average molecular weight is 627 g/mol. The topological polar surface area (TPSA) is 128 Å². The van der Waals surface area contributed by atoms with Gasteiger partial charge < -0.3 is 16.4 Å². The van der Waals surface area contributed by atoms with Crippen molar-refractivity contribution in [1.82, 2.24) is 20.2 Å². The maximum Gasteiger partial charge on any atom is 0.266 e. The van der Waals surface area contributed by atoms with Crippen molar-refractivity contribution < 1.29 is 35.1 Å². The van der Waals surface area contributed by atoms with Crippen LogP contribution in [0.2, 0.25) is 5.15 Å². The van der Waals surface area contributed by atoms with E-state index in [1.165, 1.54) is 18.2 Å². The fraction of sp³-hybridized carbons (Fsp3) is 0.0769. The van der Waals surface area contributed by atoms with Crippen LogP contribution in [-0.4, -0.2) is 20.2 Å². The first kappa shape index (κ1) is 30.8. The number of hydrogen-bond acceptors (Lipinski definition) is 7. The number of H-pyrrole nitrogens is 1. The maximum atomic E-state index is 14.0. The second-order valence-electron chi connectivity index (χ2n) is 8.37. The van der Waals surface area contributed by atoms with E-state index in [0.717, 1.165) is 30.3 Å². The molecule has 0 spiro atoms. The Labute approximate surface area is 241 Å². The fourth-order valence-electron chi connectivity index (χ4n) is 3.54. The number of aromatic amines is 1. The van der Waals surface area contributed by atoms with Gasteiger partial charge in [0.2, 0.25) is 0 Å². The van der Waals surface area contributed by atoms with Crippen LogP contribution in [0.1, 0.15) is 29.5 Å². The van der Waals surface area contributed by atoms with E-state index in [-0.39, 0.29) is 44.8 Å². The Hall–Kier alpha value is -5.17. The van der Waals surface area contributed by atoms with Crippen LogP contribution >= 0.6 is 11.6 Å². The van der Waals surface area contributed by atoms with Crippen LogP contribution in [0.5, 0.6) is 0 Å². The number of pyridine rings is 2. The number of nitrogens with zero attached hydrogens (tertiary/aromatic N) is 4. The normalized spacial score (nSPS) is 10.9. The highest BCUT2D eigenvalue weighted by atomic mass is 35.5. The number of rotatable bonds is 6. The van der Waals surface area contributed by atoms with Gasteiger partial charge in [-0.05, 0) is 24.3 Å². The molecule has 43 heavy (non-hydrogen) atoms. The van der Waals surface area contributed by atoms with Gasteiger partial charge in [-0.2, -0.15) is 10.4 Å². The molecular formula is C26H15ClF8N8. The molecule has 8 nitrogen and oxygen atoms in total. The molecule has 5 aromatic rings. The number of benzene rings is 2. The largest absolute Gasteiger partial charge is 0.384 e. The molecule has 5 rings (SSSR count). The molecule has 0 atom stereocenters. The highest BCUT2D eigenvalue weighted by Crippen LogP contribution is 2.31. The van der Waals surface area contributed by atoms with E-state index in [1.807, 2.05) is 0 Å². The van der Waals surface area contributed by atoms with Gasteiger partial charge in [-0.1, -0.05) is 35.9 Å². The molecule has 0 unspecified atom stereocenters. The number of nitrogens with one attached hydrogen (secondary N) is 3. The number of nitrogen functional groups attached to an aromatic ring is 1. The zero-order chi connectivity index (χ0) is 31.4. The predicted octanol–water partition coefficient (Wildman–Crippen LogP) is 8.07. The van der Waals surface area contributed by atoms with Crippen LogP contribution in [0, 0.1) is 34.6 Å². The summed E-state index contributed by atoms with van der Waals surface area (Å²) in [5.41, 5.74) is 3.17. The lowest BCUT2D eigenvalue weighted by molar-refractivity contribution is 0.146. The number of alkyl halides is 4. The van der Waals surface area contributed by atoms with Gasteiger partial charge in [0.05, 0.1) is 33.5 Å². The molecule has 222 valence electrons. The first-order valence-electron chi connectivity index (χ1n) is 11.6. The predicted molar refractivity (Wildman–Crippen MR) is 141 cm³/mol. The van der Waals surface area contributed by atoms with E-state index in [1.54, 1.807) is 6.07 Å². The first-order valence-corrected chi connectivity index (χ1v) is 12.0. The summed E-state index contributed by atoms with van der Waals surface area (Å²) in [6, 6.07) is 10.1. The lowest BCUT2D eigenvalue weighted by atomic mass is 10.2. The summed E-state index contributed by atoms with van der Waals surface area (Å²) in [6.45, 7) is 0. The molecule has 17 heteroatoms. The number of hydrogen-bond donors (Lipinski definition) is 4. The molecule has 3 aromatic heterocycles. The van der Waals surface area contributed by atoms with E-state index in [9.17, 15) is 35.1 Å². The highest BCUT2D eigenvalue weighted by molar-refractivity contribution is 6.30. The van der Waals surface area contributed by atoms with Gasteiger partial charge in [0.1, 0.15) is 17.0 Å². The number of anilines is 5. The highest BCUT2D eigenvalue weighted by Gasteiger charge is 2.20. The van der Waals surface area contributed by atoms with Gasteiger partial charge in [0.25, 0.3) is 12.9 Å². The quantitative estimate of drug-likeness (QED) is 0.111. The van der Waals surface area contributed by atoms with Crippen LogP contribution in [0.3, 0.4) is 0 Å². The van der Waals surface area contributed by atoms with E-state index in [4.69, 9.17) is 22.6 Å². The molecule has 0 fully saturated rings. The lowest BCUT2D eigenvalue weighted by Gasteiger charge is -2.11. The van der Waals surface area contributed by atoms with Crippen molar-refractivity contribution in [3.05, 3.63) is 93.6 Å². The molecule has 0 aliphatic carbocycles. The molecule has 0 saturated carbocycles. The molecule has 0 bridgehead atoms. The standard InChI is InChI=1S/C13H6ClF4N3.C13H9F4N5/c14-11-6(5-19)4-8(15)13(21-11)20-9-3-1-2-7(10(9)16)12(17)18;14-7-4-6-11(18)21-22-12(6)20-13(7)19-8-3-1-2-5(9(8)15)10(16)17/h1-4,12H,(H,20,21);1-4,10H,(H4,18,19,20,21,22). The van der Waals surface area contributed by atoms with Gasteiger partial charge >= 0.3 is 0 Å². The first-order chi connectivity index (χ1) is 20.4. The van der Waals surface area contributed by atoms with Crippen molar-refractivity contribution in [3.63, 3.8) is 0 Å². The molecule has 0 aliphatic rings. The van der Waals surface area contributed by atoms with E-state index >= 15 is 0 Å². The van der Waals surface area contributed by atoms with Crippen LogP contribution in [-0.2, 0) is 0 Å². The number of nitriles is 1. The molecule has 0 aliphatic heterocycles. The second kappa shape index (κ2) is 12.8. The van der Waals surface area contributed by atoms with Crippen LogP contribution in [0.25, 0.3) is 11.0 Å². The number of nitrogens with two attached hydrogens (primary N) is 1. The van der Waals surface area contributed by atoms with Crippen LogP contribution in [0.15, 0.2) is 48.5 Å². The third-order valence-electron chi connectivity index (χ3n) is 5.61. The SMILES string of the molecule is N#Cc1cc(F)c(Nc2cccc(C(F)F)c2F)nc1Cl.Nc1[nH]nc2nc(Nc3cccc(C(F)F)c3F)c(F)cc12. The molecule has 2 aromatic carbocycles. The van der Waals surface area contributed by atoms with Crippen molar-refractivity contribution in [2.24, 2.45) is 0 Å². The van der Waals surface area contributed by atoms with Crippen LogP contribution < -0.4 is 16.4 Å². The number of fused-ring (bicyclic) bond motifs is 1. The Balaban J connectivity index is 0.000000197. The minimum absolute atomic E-state index is 0.117. The molecule has 0 amide bonds. The Morgan fingerprint density at radius 2 is 1.33 bits per heavy atom. The summed E-state index contributed by atoms with van der Waals surface area (Å²) in [5, 5.41) is 19.4. The smallest absolute Gasteiger partial charge is 0.266 e. The summed E-state index contributed by atoms with van der Waals surface area (Å²) in [5.74, 6) is -4.83. The maximum absolute atomic E-state index is 14.0. The van der Waals surface area contributed by atoms with Crippen molar-refractivity contribution in [3.8, 4) is 6.07 Å². The number of halogens is 9. The second-order valence-corrected chi connectivity index (χ2v) is 8.72. The van der Waals surface area contributed by atoms with Crippen molar-refractivity contribution >= 4 is 51.5 Å². The summed E-state index contributed by atoms with van der Waals surface area (Å²) in [4.78, 5) is 7.40. The zero-order valence-electron chi connectivity index (χ0n) is 21.0. The van der Waals surface area contributed by atoms with Gasteiger partial charge in [0.15, 0.2) is 40.6 Å². The minimum Gasteiger partial charge on any atom is -0.384 e. The van der Waals surface area contributed by atoms with E-state index < -0.39 is 53.1 Å². The lowest BCUT2D eigenvalue weighted by Crippen LogP contribution is -2.03. The van der Waals surface area contributed by atoms with Crippen molar-refractivity contribution in [1.29, 1.82) is 5.26 Å². The summed E-state index contributed by atoms with van der Waals surface area (Å²) >= 11 is 5.64. The van der Waals surface area contributed by atoms with E-state index in [2.05, 4.69) is 30.8 Å².